The topological polar surface area (TPSA) is 0 Å². The number of rotatable bonds is 2. The Hall–Kier alpha value is -0.520. The van der Waals surface area contributed by atoms with Crippen LogP contribution in [0.4, 0.5) is 0 Å². The van der Waals surface area contributed by atoms with Crippen molar-refractivity contribution in [1.82, 2.24) is 0 Å². The van der Waals surface area contributed by atoms with E-state index in [2.05, 4.69) is 27.7 Å². The molecule has 0 bridgehead atoms. The van der Waals surface area contributed by atoms with Gasteiger partial charge in [-0.05, 0) is 51.2 Å². The predicted molar refractivity (Wildman–Crippen MR) is 55.2 cm³/mol. The highest BCUT2D eigenvalue weighted by atomic mass is 14.2. The molecule has 0 saturated heterocycles. The molecule has 0 heteroatoms. The minimum absolute atomic E-state index is 1.27. The van der Waals surface area contributed by atoms with Gasteiger partial charge in [0.25, 0.3) is 0 Å². The van der Waals surface area contributed by atoms with E-state index in [1.165, 1.54) is 25.7 Å². The van der Waals surface area contributed by atoms with Crippen LogP contribution >= 0.6 is 0 Å². The van der Waals surface area contributed by atoms with Crippen LogP contribution in [0.25, 0.3) is 0 Å². The maximum absolute atomic E-state index is 2.29. The quantitative estimate of drug-likeness (QED) is 0.573. The molecule has 0 amide bonds. The molecule has 1 aliphatic rings. The fourth-order valence-corrected chi connectivity index (χ4v) is 1.94. The standard InChI is InChI=1S/C12H20/c1-5-6-12-10(3)8-7-9(2)11(12)4/h5-8H2,1-4H3. The van der Waals surface area contributed by atoms with Gasteiger partial charge in [-0.3, -0.25) is 0 Å². The molecule has 0 heterocycles. The lowest BCUT2D eigenvalue weighted by Gasteiger charge is -2.20. The van der Waals surface area contributed by atoms with Crippen molar-refractivity contribution in [2.24, 2.45) is 0 Å². The first kappa shape index (κ1) is 9.57. The second kappa shape index (κ2) is 3.93. The van der Waals surface area contributed by atoms with Crippen molar-refractivity contribution in [3.8, 4) is 0 Å². The van der Waals surface area contributed by atoms with Crippen molar-refractivity contribution in [1.29, 1.82) is 0 Å². The molecule has 0 spiro atoms. The first-order valence-electron chi connectivity index (χ1n) is 5.02. The molecule has 0 fully saturated rings. The third-order valence-corrected chi connectivity index (χ3v) is 2.98. The van der Waals surface area contributed by atoms with Crippen LogP contribution in [-0.2, 0) is 0 Å². The highest BCUT2D eigenvalue weighted by molar-refractivity contribution is 5.39. The van der Waals surface area contributed by atoms with E-state index in [1.54, 1.807) is 22.3 Å². The van der Waals surface area contributed by atoms with Gasteiger partial charge in [0.2, 0.25) is 0 Å². The van der Waals surface area contributed by atoms with Crippen LogP contribution in [0.2, 0.25) is 0 Å². The normalized spacial score (nSPS) is 19.0. The maximum Gasteiger partial charge on any atom is -0.0279 e. The zero-order chi connectivity index (χ0) is 9.14. The minimum atomic E-state index is 1.27. The molecule has 12 heavy (non-hydrogen) atoms. The van der Waals surface area contributed by atoms with Gasteiger partial charge >= 0.3 is 0 Å². The van der Waals surface area contributed by atoms with E-state index in [1.807, 2.05) is 0 Å². The van der Waals surface area contributed by atoms with Gasteiger partial charge in [-0.15, -0.1) is 0 Å². The van der Waals surface area contributed by atoms with Crippen LogP contribution in [0.1, 0.15) is 53.4 Å². The first-order chi connectivity index (χ1) is 5.66. The van der Waals surface area contributed by atoms with Crippen molar-refractivity contribution < 1.29 is 0 Å². The molecule has 0 N–H and O–H groups in total. The summed E-state index contributed by atoms with van der Waals surface area (Å²) in [7, 11) is 0. The van der Waals surface area contributed by atoms with Crippen molar-refractivity contribution in [2.45, 2.75) is 53.4 Å². The van der Waals surface area contributed by atoms with Gasteiger partial charge in [0, 0.05) is 0 Å². The van der Waals surface area contributed by atoms with Crippen LogP contribution in [0, 0.1) is 0 Å². The molecule has 0 aromatic heterocycles. The Morgan fingerprint density at radius 2 is 1.58 bits per heavy atom. The molecular weight excluding hydrogens is 144 g/mol. The van der Waals surface area contributed by atoms with Gasteiger partial charge in [-0.1, -0.05) is 24.5 Å². The summed E-state index contributed by atoms with van der Waals surface area (Å²) in [4.78, 5) is 0. The van der Waals surface area contributed by atoms with Crippen molar-refractivity contribution in [3.05, 3.63) is 22.3 Å². The SMILES string of the molecule is CCCC1=C(C)CCC(C)=C1C. The summed E-state index contributed by atoms with van der Waals surface area (Å²) in [5.41, 5.74) is 6.44. The summed E-state index contributed by atoms with van der Waals surface area (Å²) in [6.45, 7) is 9.11. The number of allylic oxidation sites excluding steroid dienone is 4. The minimum Gasteiger partial charge on any atom is -0.0698 e. The molecule has 0 nitrogen and oxygen atoms in total. The predicted octanol–water partition coefficient (Wildman–Crippen LogP) is 4.23. The molecular formula is C12H20. The molecule has 1 aliphatic carbocycles. The van der Waals surface area contributed by atoms with Crippen LogP contribution in [-0.4, -0.2) is 0 Å². The third-order valence-electron chi connectivity index (χ3n) is 2.98. The van der Waals surface area contributed by atoms with Gasteiger partial charge in [-0.2, -0.15) is 0 Å². The van der Waals surface area contributed by atoms with Crippen LogP contribution < -0.4 is 0 Å². The Bertz CT molecular complexity index is 228. The van der Waals surface area contributed by atoms with Gasteiger partial charge in [0.05, 0.1) is 0 Å². The van der Waals surface area contributed by atoms with E-state index >= 15 is 0 Å². The summed E-state index contributed by atoms with van der Waals surface area (Å²) in [5, 5.41) is 0. The molecule has 1 rings (SSSR count). The average molecular weight is 164 g/mol. The Labute approximate surface area is 76.4 Å². The Balaban J connectivity index is 2.90. The molecule has 0 atom stereocenters. The van der Waals surface area contributed by atoms with E-state index in [0.29, 0.717) is 0 Å². The van der Waals surface area contributed by atoms with Gasteiger partial charge < -0.3 is 0 Å². The van der Waals surface area contributed by atoms with Gasteiger partial charge in [0.15, 0.2) is 0 Å². The molecule has 0 unspecified atom stereocenters. The van der Waals surface area contributed by atoms with Crippen molar-refractivity contribution in [3.63, 3.8) is 0 Å². The smallest absolute Gasteiger partial charge is 0.0279 e. The largest absolute Gasteiger partial charge is 0.0698 e. The second-order valence-corrected chi connectivity index (χ2v) is 3.91. The lowest BCUT2D eigenvalue weighted by atomic mass is 9.86. The Morgan fingerprint density at radius 3 is 2.17 bits per heavy atom. The summed E-state index contributed by atoms with van der Waals surface area (Å²) < 4.78 is 0. The van der Waals surface area contributed by atoms with Crippen LogP contribution in [0.3, 0.4) is 0 Å². The molecule has 0 aromatic carbocycles. The summed E-state index contributed by atoms with van der Waals surface area (Å²) in [6.07, 6.45) is 5.12. The lowest BCUT2D eigenvalue weighted by molar-refractivity contribution is 0.808. The van der Waals surface area contributed by atoms with E-state index in [0.717, 1.165) is 0 Å². The van der Waals surface area contributed by atoms with Crippen molar-refractivity contribution >= 4 is 0 Å². The van der Waals surface area contributed by atoms with E-state index in [-0.39, 0.29) is 0 Å². The first-order valence-corrected chi connectivity index (χ1v) is 5.02. The van der Waals surface area contributed by atoms with E-state index in [9.17, 15) is 0 Å². The van der Waals surface area contributed by atoms with Gasteiger partial charge in [-0.25, -0.2) is 0 Å². The molecule has 0 radical (unpaired) electrons. The van der Waals surface area contributed by atoms with Crippen LogP contribution in [0.5, 0.6) is 0 Å². The average Bonchev–Trinajstić information content (AvgIpc) is 2.06. The third kappa shape index (κ3) is 1.80. The number of hydrogen-bond acceptors (Lipinski definition) is 0. The molecule has 0 aromatic rings. The number of hydrogen-bond donors (Lipinski definition) is 0. The highest BCUT2D eigenvalue weighted by Gasteiger charge is 2.12. The fraction of sp³-hybridized carbons (Fsp3) is 0.667. The highest BCUT2D eigenvalue weighted by Crippen LogP contribution is 2.31. The Kier molecular flexibility index (Phi) is 3.13. The summed E-state index contributed by atoms with van der Waals surface area (Å²) in [5.74, 6) is 0. The van der Waals surface area contributed by atoms with E-state index in [4.69, 9.17) is 0 Å². The van der Waals surface area contributed by atoms with E-state index < -0.39 is 0 Å². The monoisotopic (exact) mass is 164 g/mol. The molecule has 0 aliphatic heterocycles. The summed E-state index contributed by atoms with van der Waals surface area (Å²) >= 11 is 0. The summed E-state index contributed by atoms with van der Waals surface area (Å²) in [6, 6.07) is 0. The van der Waals surface area contributed by atoms with Crippen LogP contribution in [0.15, 0.2) is 22.3 Å². The lowest BCUT2D eigenvalue weighted by Crippen LogP contribution is -2.01. The Morgan fingerprint density at radius 1 is 1.00 bits per heavy atom. The van der Waals surface area contributed by atoms with Gasteiger partial charge in [0.1, 0.15) is 0 Å². The zero-order valence-electron chi connectivity index (χ0n) is 8.83. The van der Waals surface area contributed by atoms with Crippen molar-refractivity contribution in [2.75, 3.05) is 0 Å². The zero-order valence-corrected chi connectivity index (χ0v) is 8.83. The second-order valence-electron chi connectivity index (χ2n) is 3.91. The fourth-order valence-electron chi connectivity index (χ4n) is 1.94. The maximum atomic E-state index is 2.29. The molecule has 0 saturated carbocycles. The molecule has 68 valence electrons.